The predicted molar refractivity (Wildman–Crippen MR) is 104 cm³/mol. The van der Waals surface area contributed by atoms with Gasteiger partial charge in [0.25, 0.3) is 5.91 Å². The number of hydrogen-bond acceptors (Lipinski definition) is 4. The van der Waals surface area contributed by atoms with Crippen molar-refractivity contribution in [2.24, 2.45) is 10.9 Å². The van der Waals surface area contributed by atoms with Gasteiger partial charge < -0.3 is 15.0 Å². The number of hydrogen-bond donors (Lipinski definition) is 1. The number of carbonyl (C=O) groups is 2. The molecule has 27 heavy (non-hydrogen) atoms. The molecular formula is C21H25N3O3. The zero-order valence-corrected chi connectivity index (χ0v) is 15.8. The van der Waals surface area contributed by atoms with Crippen LogP contribution in [0.2, 0.25) is 0 Å². The number of carbonyl (C=O) groups excluding carboxylic acids is 2. The van der Waals surface area contributed by atoms with Crippen molar-refractivity contribution in [2.75, 3.05) is 25.1 Å². The van der Waals surface area contributed by atoms with Crippen LogP contribution in [0.5, 0.6) is 5.75 Å². The monoisotopic (exact) mass is 367 g/mol. The van der Waals surface area contributed by atoms with Gasteiger partial charge >= 0.3 is 0 Å². The minimum Gasteiger partial charge on any atom is -0.489 e. The van der Waals surface area contributed by atoms with Crippen molar-refractivity contribution in [1.29, 1.82) is 0 Å². The lowest BCUT2D eigenvalue weighted by molar-refractivity contribution is -0.126. The molecule has 6 heteroatoms. The summed E-state index contributed by atoms with van der Waals surface area (Å²) in [7, 11) is 1.71. The second kappa shape index (κ2) is 7.18. The summed E-state index contributed by atoms with van der Waals surface area (Å²) >= 11 is 0. The van der Waals surface area contributed by atoms with Gasteiger partial charge in [0.2, 0.25) is 5.91 Å². The molecule has 2 atom stereocenters. The molecule has 0 saturated heterocycles. The molecule has 2 heterocycles. The van der Waals surface area contributed by atoms with Crippen LogP contribution in [0.1, 0.15) is 32.6 Å². The Bertz CT molecular complexity index is 843. The third-order valence-corrected chi connectivity index (χ3v) is 5.84. The summed E-state index contributed by atoms with van der Waals surface area (Å²) in [6, 6.07) is 6.69. The van der Waals surface area contributed by atoms with E-state index in [9.17, 15) is 9.59 Å². The van der Waals surface area contributed by atoms with Gasteiger partial charge in [-0.1, -0.05) is 25.5 Å². The zero-order chi connectivity index (χ0) is 19.0. The molecule has 0 spiro atoms. The predicted octanol–water partition coefficient (Wildman–Crippen LogP) is 2.49. The van der Waals surface area contributed by atoms with Gasteiger partial charge in [0, 0.05) is 18.3 Å². The SMILES string of the molecule is CCC1CCC2=NCC(C(=O)N[C@H]3COc4ccccc4N(C)C3=O)=C2C1. The largest absolute Gasteiger partial charge is 0.489 e. The first kappa shape index (κ1) is 17.8. The Morgan fingerprint density at radius 3 is 3.00 bits per heavy atom. The number of ether oxygens (including phenoxy) is 1. The molecule has 1 aromatic carbocycles. The van der Waals surface area contributed by atoms with E-state index in [0.717, 1.165) is 42.5 Å². The number of benzene rings is 1. The molecule has 1 aromatic rings. The number of nitrogens with one attached hydrogen (secondary N) is 1. The fraction of sp³-hybridized carbons (Fsp3) is 0.476. The Balaban J connectivity index is 1.51. The number of fused-ring (bicyclic) bond motifs is 2. The molecule has 2 aliphatic heterocycles. The van der Waals surface area contributed by atoms with E-state index < -0.39 is 6.04 Å². The molecular weight excluding hydrogens is 342 g/mol. The van der Waals surface area contributed by atoms with E-state index in [4.69, 9.17) is 4.74 Å². The summed E-state index contributed by atoms with van der Waals surface area (Å²) in [6.07, 6.45) is 4.13. The molecule has 3 aliphatic rings. The third kappa shape index (κ3) is 3.24. The summed E-state index contributed by atoms with van der Waals surface area (Å²) in [5, 5.41) is 2.90. The number of anilines is 1. The number of likely N-dealkylation sites (N-methyl/N-ethyl adjacent to an activating group) is 1. The van der Waals surface area contributed by atoms with E-state index in [-0.39, 0.29) is 18.4 Å². The molecule has 1 saturated carbocycles. The zero-order valence-electron chi connectivity index (χ0n) is 15.8. The van der Waals surface area contributed by atoms with Crippen molar-refractivity contribution < 1.29 is 14.3 Å². The third-order valence-electron chi connectivity index (χ3n) is 5.84. The standard InChI is InChI=1S/C21H25N3O3/c1-3-13-8-9-16-14(10-13)15(11-22-16)20(25)23-17-12-27-19-7-5-4-6-18(19)24(2)21(17)26/h4-7,13,17H,3,8-12H2,1-2H3,(H,23,25)/t13?,17-/m0/s1. The van der Waals surface area contributed by atoms with Gasteiger partial charge in [0.1, 0.15) is 18.4 Å². The summed E-state index contributed by atoms with van der Waals surface area (Å²) in [6.45, 7) is 2.74. The number of aliphatic imine (C=N–C) groups is 1. The van der Waals surface area contributed by atoms with E-state index in [1.54, 1.807) is 11.9 Å². The number of para-hydroxylation sites is 2. The first-order valence-corrected chi connectivity index (χ1v) is 9.64. The van der Waals surface area contributed by atoms with Crippen LogP contribution in [0.4, 0.5) is 5.69 Å². The Morgan fingerprint density at radius 1 is 1.37 bits per heavy atom. The van der Waals surface area contributed by atoms with Crippen LogP contribution < -0.4 is 15.0 Å². The van der Waals surface area contributed by atoms with E-state index >= 15 is 0 Å². The lowest BCUT2D eigenvalue weighted by Gasteiger charge is -2.24. The van der Waals surface area contributed by atoms with Gasteiger partial charge in [-0.15, -0.1) is 0 Å². The lowest BCUT2D eigenvalue weighted by atomic mass is 9.81. The highest BCUT2D eigenvalue weighted by Crippen LogP contribution is 2.34. The van der Waals surface area contributed by atoms with Crippen LogP contribution >= 0.6 is 0 Å². The summed E-state index contributed by atoms with van der Waals surface area (Å²) in [4.78, 5) is 31.9. The van der Waals surface area contributed by atoms with E-state index in [0.29, 0.717) is 23.9 Å². The fourth-order valence-corrected chi connectivity index (χ4v) is 4.10. The number of nitrogens with zero attached hydrogens (tertiary/aromatic N) is 2. The summed E-state index contributed by atoms with van der Waals surface area (Å²) < 4.78 is 5.78. The minimum absolute atomic E-state index is 0.125. The van der Waals surface area contributed by atoms with Crippen molar-refractivity contribution >= 4 is 23.2 Å². The average Bonchev–Trinajstić information content (AvgIpc) is 3.08. The first-order chi connectivity index (χ1) is 13.1. The summed E-state index contributed by atoms with van der Waals surface area (Å²) in [5.74, 6) is 0.898. The molecule has 1 aliphatic carbocycles. The normalized spacial score (nSPS) is 24.6. The number of allylic oxidation sites excluding steroid dienone is 1. The molecule has 0 bridgehead atoms. The van der Waals surface area contributed by atoms with Crippen molar-refractivity contribution in [3.63, 3.8) is 0 Å². The van der Waals surface area contributed by atoms with E-state index in [1.165, 1.54) is 0 Å². The van der Waals surface area contributed by atoms with Gasteiger partial charge in [0.05, 0.1) is 12.2 Å². The van der Waals surface area contributed by atoms with Gasteiger partial charge in [0.15, 0.2) is 0 Å². The highest BCUT2D eigenvalue weighted by Gasteiger charge is 2.34. The number of amides is 2. The van der Waals surface area contributed by atoms with Crippen LogP contribution in [-0.4, -0.2) is 43.8 Å². The second-order valence-electron chi connectivity index (χ2n) is 7.44. The van der Waals surface area contributed by atoms with Crippen molar-refractivity contribution in [2.45, 2.75) is 38.6 Å². The minimum atomic E-state index is -0.711. The van der Waals surface area contributed by atoms with Crippen molar-refractivity contribution in [1.82, 2.24) is 5.32 Å². The highest BCUT2D eigenvalue weighted by atomic mass is 16.5. The topological polar surface area (TPSA) is 71.0 Å². The molecule has 6 nitrogen and oxygen atoms in total. The maximum atomic E-state index is 12.9. The van der Waals surface area contributed by atoms with Crippen LogP contribution in [-0.2, 0) is 9.59 Å². The Kier molecular flexibility index (Phi) is 4.72. The van der Waals surface area contributed by atoms with Crippen LogP contribution in [0, 0.1) is 5.92 Å². The van der Waals surface area contributed by atoms with Gasteiger partial charge in [-0.25, -0.2) is 0 Å². The molecule has 1 N–H and O–H groups in total. The van der Waals surface area contributed by atoms with Gasteiger partial charge in [-0.3, -0.25) is 14.6 Å². The second-order valence-corrected chi connectivity index (χ2v) is 7.44. The Labute approximate surface area is 159 Å². The van der Waals surface area contributed by atoms with E-state index in [1.807, 2.05) is 24.3 Å². The van der Waals surface area contributed by atoms with Crippen molar-refractivity contribution in [3.8, 4) is 5.75 Å². The van der Waals surface area contributed by atoms with Crippen LogP contribution in [0.3, 0.4) is 0 Å². The molecule has 0 aromatic heterocycles. The fourth-order valence-electron chi connectivity index (χ4n) is 4.10. The average molecular weight is 367 g/mol. The molecule has 4 rings (SSSR count). The van der Waals surface area contributed by atoms with Crippen molar-refractivity contribution in [3.05, 3.63) is 35.4 Å². The molecule has 1 fully saturated rings. The van der Waals surface area contributed by atoms with Crippen LogP contribution in [0.15, 0.2) is 40.4 Å². The van der Waals surface area contributed by atoms with Crippen LogP contribution in [0.25, 0.3) is 0 Å². The number of rotatable bonds is 3. The van der Waals surface area contributed by atoms with Gasteiger partial charge in [-0.2, -0.15) is 0 Å². The summed E-state index contributed by atoms with van der Waals surface area (Å²) in [5.41, 5.74) is 3.62. The highest BCUT2D eigenvalue weighted by molar-refractivity contribution is 6.12. The Morgan fingerprint density at radius 2 is 2.19 bits per heavy atom. The quantitative estimate of drug-likeness (QED) is 0.892. The maximum Gasteiger partial charge on any atom is 0.252 e. The molecule has 142 valence electrons. The maximum absolute atomic E-state index is 12.9. The lowest BCUT2D eigenvalue weighted by Crippen LogP contribution is -2.50. The van der Waals surface area contributed by atoms with E-state index in [2.05, 4.69) is 17.2 Å². The first-order valence-electron chi connectivity index (χ1n) is 9.64. The smallest absolute Gasteiger partial charge is 0.252 e. The molecule has 0 radical (unpaired) electrons. The Hall–Kier alpha value is -2.63. The molecule has 1 unspecified atom stereocenters. The van der Waals surface area contributed by atoms with Gasteiger partial charge in [-0.05, 0) is 42.9 Å². The molecule has 2 amide bonds.